The molecule has 1 aromatic carbocycles. The average Bonchev–Trinajstić information content (AvgIpc) is 2.84. The van der Waals surface area contributed by atoms with Crippen LogP contribution in [0.5, 0.6) is 5.75 Å². The Labute approximate surface area is 116 Å². The van der Waals surface area contributed by atoms with Gasteiger partial charge in [-0.2, -0.15) is 0 Å². The van der Waals surface area contributed by atoms with Crippen molar-refractivity contribution in [3.63, 3.8) is 0 Å². The van der Waals surface area contributed by atoms with Crippen molar-refractivity contribution in [1.82, 2.24) is 0 Å². The fraction of sp³-hybridized carbons (Fsp3) is 0.231. The fourth-order valence-corrected chi connectivity index (χ4v) is 4.28. The summed E-state index contributed by atoms with van der Waals surface area (Å²) in [5.41, 5.74) is 6.02. The minimum atomic E-state index is -3.45. The smallest absolute Gasteiger partial charge is 0.185 e. The highest BCUT2D eigenvalue weighted by atomic mass is 32.2. The van der Waals surface area contributed by atoms with Gasteiger partial charge in [-0.3, -0.25) is 0 Å². The molecule has 0 aliphatic rings. The zero-order valence-electron chi connectivity index (χ0n) is 10.5. The summed E-state index contributed by atoms with van der Waals surface area (Å²) in [5, 5.41) is 1.85. The largest absolute Gasteiger partial charge is 0.494 e. The number of hydrogen-bond donors (Lipinski definition) is 1. The number of thiophene rings is 1. The molecule has 0 fully saturated rings. The number of hydrogen-bond acceptors (Lipinski definition) is 5. The highest BCUT2D eigenvalue weighted by Gasteiger charge is 2.19. The van der Waals surface area contributed by atoms with Gasteiger partial charge >= 0.3 is 0 Å². The van der Waals surface area contributed by atoms with E-state index in [1.54, 1.807) is 18.2 Å². The van der Waals surface area contributed by atoms with Crippen LogP contribution in [0.1, 0.15) is 11.8 Å². The first-order chi connectivity index (χ1) is 9.03. The summed E-state index contributed by atoms with van der Waals surface area (Å²) in [4.78, 5) is 0.924. The summed E-state index contributed by atoms with van der Waals surface area (Å²) in [6, 6.07) is 8.34. The van der Waals surface area contributed by atoms with E-state index in [-0.39, 0.29) is 16.3 Å². The van der Waals surface area contributed by atoms with Crippen molar-refractivity contribution >= 4 is 26.9 Å². The molecule has 102 valence electrons. The van der Waals surface area contributed by atoms with Gasteiger partial charge in [-0.05, 0) is 30.5 Å². The van der Waals surface area contributed by atoms with Crippen LogP contribution in [0.2, 0.25) is 0 Å². The quantitative estimate of drug-likeness (QED) is 0.861. The van der Waals surface area contributed by atoms with Gasteiger partial charge in [0.25, 0.3) is 0 Å². The predicted octanol–water partition coefficient (Wildman–Crippen LogP) is 2.70. The van der Waals surface area contributed by atoms with E-state index in [4.69, 9.17) is 10.5 Å². The van der Waals surface area contributed by atoms with Crippen molar-refractivity contribution in [1.29, 1.82) is 0 Å². The molecule has 0 unspecified atom stereocenters. The van der Waals surface area contributed by atoms with Gasteiger partial charge in [0.15, 0.2) is 9.84 Å². The van der Waals surface area contributed by atoms with Crippen LogP contribution >= 0.6 is 11.3 Å². The van der Waals surface area contributed by atoms with Crippen LogP contribution in [0.15, 0.2) is 40.6 Å². The molecule has 0 saturated heterocycles. The molecule has 4 nitrogen and oxygen atoms in total. The lowest BCUT2D eigenvalue weighted by molar-refractivity contribution is 0.339. The second kappa shape index (κ2) is 5.63. The third kappa shape index (κ3) is 3.27. The molecule has 0 spiro atoms. The van der Waals surface area contributed by atoms with E-state index in [0.717, 1.165) is 4.88 Å². The molecule has 1 heterocycles. The molecular formula is C13H15NO3S2. The first-order valence-corrected chi connectivity index (χ1v) is 8.33. The van der Waals surface area contributed by atoms with Crippen molar-refractivity contribution < 1.29 is 13.2 Å². The molecule has 0 bridgehead atoms. The molecule has 1 aromatic heterocycles. The predicted molar refractivity (Wildman–Crippen MR) is 77.2 cm³/mol. The number of ether oxygens (including phenoxy) is 1. The van der Waals surface area contributed by atoms with Gasteiger partial charge in [0.05, 0.1) is 22.9 Å². The van der Waals surface area contributed by atoms with Gasteiger partial charge in [0.1, 0.15) is 5.75 Å². The maximum absolute atomic E-state index is 12.3. The lowest BCUT2D eigenvalue weighted by Gasteiger charge is -2.09. The highest BCUT2D eigenvalue weighted by Crippen LogP contribution is 2.28. The van der Waals surface area contributed by atoms with Crippen LogP contribution in [-0.2, 0) is 15.6 Å². The van der Waals surface area contributed by atoms with Crippen LogP contribution in [0.3, 0.4) is 0 Å². The number of sulfone groups is 1. The van der Waals surface area contributed by atoms with Gasteiger partial charge < -0.3 is 10.5 Å². The van der Waals surface area contributed by atoms with Crippen LogP contribution in [0.4, 0.5) is 5.69 Å². The fourth-order valence-electron chi connectivity index (χ4n) is 1.70. The molecule has 6 heteroatoms. The SMILES string of the molecule is CCOc1ccc(N)c(S(=O)(=O)Cc2cccs2)c1. The van der Waals surface area contributed by atoms with Crippen molar-refractivity contribution in [2.75, 3.05) is 12.3 Å². The maximum atomic E-state index is 12.3. The van der Waals surface area contributed by atoms with Gasteiger partial charge in [-0.15, -0.1) is 11.3 Å². The van der Waals surface area contributed by atoms with E-state index in [0.29, 0.717) is 12.4 Å². The average molecular weight is 297 g/mol. The van der Waals surface area contributed by atoms with Crippen molar-refractivity contribution in [3.05, 3.63) is 40.6 Å². The molecule has 0 aliphatic carbocycles. The van der Waals surface area contributed by atoms with Crippen LogP contribution < -0.4 is 10.5 Å². The Morgan fingerprint density at radius 3 is 2.74 bits per heavy atom. The third-order valence-electron chi connectivity index (χ3n) is 2.54. The molecule has 2 rings (SSSR count). The van der Waals surface area contributed by atoms with Gasteiger partial charge in [-0.25, -0.2) is 8.42 Å². The molecule has 0 saturated carbocycles. The Kier molecular flexibility index (Phi) is 4.11. The van der Waals surface area contributed by atoms with Gasteiger partial charge in [-0.1, -0.05) is 6.07 Å². The number of nitrogen functional groups attached to an aromatic ring is 1. The number of anilines is 1. The van der Waals surface area contributed by atoms with E-state index in [1.807, 2.05) is 18.4 Å². The minimum Gasteiger partial charge on any atom is -0.494 e. The molecule has 0 atom stereocenters. The summed E-state index contributed by atoms with van der Waals surface area (Å²) in [6.45, 7) is 2.32. The number of rotatable bonds is 5. The van der Waals surface area contributed by atoms with E-state index in [2.05, 4.69) is 0 Å². The van der Waals surface area contributed by atoms with Crippen LogP contribution in [0, 0.1) is 0 Å². The molecular weight excluding hydrogens is 282 g/mol. The Morgan fingerprint density at radius 1 is 1.32 bits per heavy atom. The van der Waals surface area contributed by atoms with E-state index >= 15 is 0 Å². The molecule has 0 amide bonds. The molecule has 0 radical (unpaired) electrons. The second-order valence-electron chi connectivity index (χ2n) is 3.97. The van der Waals surface area contributed by atoms with Crippen molar-refractivity contribution in [2.24, 2.45) is 0 Å². The van der Waals surface area contributed by atoms with E-state index in [9.17, 15) is 8.42 Å². The molecule has 19 heavy (non-hydrogen) atoms. The summed E-state index contributed by atoms with van der Waals surface area (Å²) in [5.74, 6) is 0.478. The third-order valence-corrected chi connectivity index (χ3v) is 5.32. The Hall–Kier alpha value is -1.53. The Balaban J connectivity index is 2.36. The van der Waals surface area contributed by atoms with Gasteiger partial charge in [0.2, 0.25) is 0 Å². The lowest BCUT2D eigenvalue weighted by atomic mass is 10.3. The normalized spacial score (nSPS) is 11.4. The monoisotopic (exact) mass is 297 g/mol. The van der Waals surface area contributed by atoms with Crippen LogP contribution in [-0.4, -0.2) is 15.0 Å². The lowest BCUT2D eigenvalue weighted by Crippen LogP contribution is -2.07. The van der Waals surface area contributed by atoms with Gasteiger partial charge in [0, 0.05) is 10.9 Å². The van der Waals surface area contributed by atoms with Crippen molar-refractivity contribution in [3.8, 4) is 5.75 Å². The molecule has 2 N–H and O–H groups in total. The Bertz CT molecular complexity index is 649. The first kappa shape index (κ1) is 13.9. The first-order valence-electron chi connectivity index (χ1n) is 5.80. The number of nitrogens with two attached hydrogens (primary N) is 1. The Morgan fingerprint density at radius 2 is 2.11 bits per heavy atom. The van der Waals surface area contributed by atoms with E-state index < -0.39 is 9.84 Å². The van der Waals surface area contributed by atoms with E-state index in [1.165, 1.54) is 17.4 Å². The van der Waals surface area contributed by atoms with Crippen molar-refractivity contribution in [2.45, 2.75) is 17.6 Å². The second-order valence-corrected chi connectivity index (χ2v) is 6.96. The summed E-state index contributed by atoms with van der Waals surface area (Å²) >= 11 is 1.41. The highest BCUT2D eigenvalue weighted by molar-refractivity contribution is 7.91. The standard InChI is InChI=1S/C13H15NO3S2/c1-2-17-10-5-6-12(14)13(8-10)19(15,16)9-11-4-3-7-18-11/h3-8H,2,9,14H2,1H3. The number of benzene rings is 1. The van der Waals surface area contributed by atoms with Crippen LogP contribution in [0.25, 0.3) is 0 Å². The molecule has 0 aliphatic heterocycles. The zero-order chi connectivity index (χ0) is 13.9. The molecule has 2 aromatic rings. The zero-order valence-corrected chi connectivity index (χ0v) is 12.1. The summed E-state index contributed by atoms with van der Waals surface area (Å²) < 4.78 is 30.0. The summed E-state index contributed by atoms with van der Waals surface area (Å²) in [6.07, 6.45) is 0. The minimum absolute atomic E-state index is 0.0373. The summed E-state index contributed by atoms with van der Waals surface area (Å²) in [7, 11) is -3.45. The topological polar surface area (TPSA) is 69.4 Å². The maximum Gasteiger partial charge on any atom is 0.185 e.